The van der Waals surface area contributed by atoms with Crippen molar-refractivity contribution in [3.63, 3.8) is 0 Å². The highest BCUT2D eigenvalue weighted by Gasteiger charge is 2.48. The molecule has 0 aromatic rings. The van der Waals surface area contributed by atoms with Crippen LogP contribution in [0.5, 0.6) is 0 Å². The second kappa shape index (κ2) is 3.66. The monoisotopic (exact) mass is 184 g/mol. The Morgan fingerprint density at radius 2 is 2.15 bits per heavy atom. The molecule has 1 aliphatic rings. The van der Waals surface area contributed by atoms with Gasteiger partial charge in [-0.3, -0.25) is 4.79 Å². The maximum absolute atomic E-state index is 11.9. The summed E-state index contributed by atoms with van der Waals surface area (Å²) in [7, 11) is 1.85. The van der Waals surface area contributed by atoms with E-state index in [1.807, 2.05) is 14.0 Å². The third-order valence-electron chi connectivity index (χ3n) is 3.14. The van der Waals surface area contributed by atoms with E-state index < -0.39 is 0 Å². The molecular weight excluding hydrogens is 164 g/mol. The van der Waals surface area contributed by atoms with Crippen LogP contribution in [0, 0.1) is 11.3 Å². The van der Waals surface area contributed by atoms with Gasteiger partial charge in [0.2, 0.25) is 5.91 Å². The first-order valence-electron chi connectivity index (χ1n) is 5.01. The fourth-order valence-electron chi connectivity index (χ4n) is 2.25. The average molecular weight is 184 g/mol. The molecule has 0 spiro atoms. The van der Waals surface area contributed by atoms with Crippen molar-refractivity contribution in [1.82, 2.24) is 4.90 Å². The molecule has 13 heavy (non-hydrogen) atoms. The molecule has 0 atom stereocenters. The van der Waals surface area contributed by atoms with Crippen molar-refractivity contribution < 1.29 is 4.79 Å². The summed E-state index contributed by atoms with van der Waals surface area (Å²) in [4.78, 5) is 13.7. The Labute approximate surface area is 80.3 Å². The third kappa shape index (κ3) is 1.70. The topological polar surface area (TPSA) is 46.3 Å². The zero-order valence-electron chi connectivity index (χ0n) is 8.84. The number of hydrogen-bond donors (Lipinski definition) is 1. The van der Waals surface area contributed by atoms with Gasteiger partial charge in [0.25, 0.3) is 0 Å². The maximum Gasteiger partial charge on any atom is 0.229 e. The Kier molecular flexibility index (Phi) is 2.96. The van der Waals surface area contributed by atoms with Crippen molar-refractivity contribution >= 4 is 5.91 Å². The molecule has 1 amide bonds. The van der Waals surface area contributed by atoms with Gasteiger partial charge in [-0.1, -0.05) is 6.92 Å². The highest BCUT2D eigenvalue weighted by atomic mass is 16.2. The summed E-state index contributed by atoms with van der Waals surface area (Å²) in [5, 5.41) is 0. The minimum atomic E-state index is -0.218. The van der Waals surface area contributed by atoms with Gasteiger partial charge in [-0.15, -0.1) is 0 Å². The van der Waals surface area contributed by atoms with Gasteiger partial charge in [-0.25, -0.2) is 0 Å². The Bertz CT molecular complexity index is 197. The molecule has 1 aliphatic carbocycles. The molecule has 0 radical (unpaired) electrons. The van der Waals surface area contributed by atoms with Crippen LogP contribution in [0.3, 0.4) is 0 Å². The van der Waals surface area contributed by atoms with Gasteiger partial charge >= 0.3 is 0 Å². The second-order valence-electron chi connectivity index (χ2n) is 4.32. The van der Waals surface area contributed by atoms with Crippen LogP contribution in [0.25, 0.3) is 0 Å². The molecule has 0 unspecified atom stereocenters. The standard InChI is InChI=1S/C10H20N2O/c1-4-12(3)9(13)10(7-11)5-8(2)6-10/h8H,4-7,11H2,1-3H3. The lowest BCUT2D eigenvalue weighted by Crippen LogP contribution is -2.53. The van der Waals surface area contributed by atoms with Gasteiger partial charge in [-0.2, -0.15) is 0 Å². The number of carbonyl (C=O) groups is 1. The van der Waals surface area contributed by atoms with Gasteiger partial charge in [0, 0.05) is 20.1 Å². The van der Waals surface area contributed by atoms with E-state index in [1.165, 1.54) is 0 Å². The average Bonchev–Trinajstić information content (AvgIpc) is 2.10. The van der Waals surface area contributed by atoms with Gasteiger partial charge in [-0.05, 0) is 25.7 Å². The summed E-state index contributed by atoms with van der Waals surface area (Å²) in [6.45, 7) is 5.44. The van der Waals surface area contributed by atoms with Gasteiger partial charge in [0.1, 0.15) is 0 Å². The van der Waals surface area contributed by atoms with E-state index >= 15 is 0 Å². The molecule has 3 heteroatoms. The normalized spacial score (nSPS) is 32.5. The summed E-state index contributed by atoms with van der Waals surface area (Å²) < 4.78 is 0. The molecular formula is C10H20N2O. The lowest BCUT2D eigenvalue weighted by Gasteiger charge is -2.46. The highest BCUT2D eigenvalue weighted by molar-refractivity contribution is 5.83. The minimum Gasteiger partial charge on any atom is -0.346 e. The number of nitrogens with two attached hydrogens (primary N) is 1. The van der Waals surface area contributed by atoms with E-state index in [0.717, 1.165) is 19.4 Å². The molecule has 76 valence electrons. The largest absolute Gasteiger partial charge is 0.346 e. The first-order valence-corrected chi connectivity index (χ1v) is 5.01. The molecule has 0 bridgehead atoms. The van der Waals surface area contributed by atoms with Crippen LogP contribution in [0.4, 0.5) is 0 Å². The summed E-state index contributed by atoms with van der Waals surface area (Å²) in [6.07, 6.45) is 1.93. The Morgan fingerprint density at radius 3 is 2.46 bits per heavy atom. The Hall–Kier alpha value is -0.570. The fraction of sp³-hybridized carbons (Fsp3) is 0.900. The zero-order valence-corrected chi connectivity index (χ0v) is 8.84. The predicted molar refractivity (Wildman–Crippen MR) is 53.2 cm³/mol. The van der Waals surface area contributed by atoms with Crippen molar-refractivity contribution in [3.05, 3.63) is 0 Å². The molecule has 0 aliphatic heterocycles. The summed E-state index contributed by atoms with van der Waals surface area (Å²) in [5.41, 5.74) is 5.46. The lowest BCUT2D eigenvalue weighted by atomic mass is 9.62. The molecule has 1 fully saturated rings. The van der Waals surface area contributed by atoms with E-state index in [0.29, 0.717) is 12.5 Å². The quantitative estimate of drug-likeness (QED) is 0.706. The van der Waals surface area contributed by atoms with Crippen molar-refractivity contribution in [3.8, 4) is 0 Å². The molecule has 0 aromatic carbocycles. The SMILES string of the molecule is CCN(C)C(=O)C1(CN)CC(C)C1. The summed E-state index contributed by atoms with van der Waals surface area (Å²) >= 11 is 0. The van der Waals surface area contributed by atoms with Crippen molar-refractivity contribution in [2.24, 2.45) is 17.1 Å². The number of carbonyl (C=O) groups excluding carboxylic acids is 1. The molecule has 0 saturated heterocycles. The minimum absolute atomic E-state index is 0.218. The Morgan fingerprint density at radius 1 is 1.62 bits per heavy atom. The van der Waals surface area contributed by atoms with Gasteiger partial charge in [0.05, 0.1) is 5.41 Å². The fourth-order valence-corrected chi connectivity index (χ4v) is 2.25. The van der Waals surface area contributed by atoms with Crippen LogP contribution >= 0.6 is 0 Å². The van der Waals surface area contributed by atoms with Crippen LogP contribution in [-0.2, 0) is 4.79 Å². The van der Waals surface area contributed by atoms with Crippen molar-refractivity contribution in [1.29, 1.82) is 0 Å². The number of amides is 1. The second-order valence-corrected chi connectivity index (χ2v) is 4.32. The highest BCUT2D eigenvalue weighted by Crippen LogP contribution is 2.45. The van der Waals surface area contributed by atoms with Crippen LogP contribution in [0.1, 0.15) is 26.7 Å². The number of hydrogen-bond acceptors (Lipinski definition) is 2. The molecule has 2 N–H and O–H groups in total. The molecule has 3 nitrogen and oxygen atoms in total. The van der Waals surface area contributed by atoms with Crippen molar-refractivity contribution in [2.45, 2.75) is 26.7 Å². The summed E-state index contributed by atoms with van der Waals surface area (Å²) in [5.74, 6) is 0.897. The molecule has 1 saturated carbocycles. The van der Waals surface area contributed by atoms with E-state index in [2.05, 4.69) is 6.92 Å². The van der Waals surface area contributed by atoms with Crippen LogP contribution in [0.2, 0.25) is 0 Å². The first-order chi connectivity index (χ1) is 6.05. The van der Waals surface area contributed by atoms with Gasteiger partial charge < -0.3 is 10.6 Å². The van der Waals surface area contributed by atoms with Crippen LogP contribution < -0.4 is 5.73 Å². The molecule has 0 heterocycles. The maximum atomic E-state index is 11.9. The van der Waals surface area contributed by atoms with Crippen molar-refractivity contribution in [2.75, 3.05) is 20.1 Å². The Balaban J connectivity index is 2.63. The van der Waals surface area contributed by atoms with Gasteiger partial charge in [0.15, 0.2) is 0 Å². The van der Waals surface area contributed by atoms with E-state index in [1.54, 1.807) is 4.90 Å². The molecule has 0 aromatic heterocycles. The van der Waals surface area contributed by atoms with Crippen LogP contribution in [-0.4, -0.2) is 30.9 Å². The smallest absolute Gasteiger partial charge is 0.229 e. The molecule has 1 rings (SSSR count). The van der Waals surface area contributed by atoms with E-state index in [-0.39, 0.29) is 11.3 Å². The zero-order chi connectivity index (χ0) is 10.1. The number of rotatable bonds is 3. The predicted octanol–water partition coefficient (Wildman–Crippen LogP) is 0.840. The van der Waals surface area contributed by atoms with E-state index in [9.17, 15) is 4.79 Å². The van der Waals surface area contributed by atoms with Crippen LogP contribution in [0.15, 0.2) is 0 Å². The third-order valence-corrected chi connectivity index (χ3v) is 3.14. The van der Waals surface area contributed by atoms with E-state index in [4.69, 9.17) is 5.73 Å². The first kappa shape index (κ1) is 10.5. The number of nitrogens with zero attached hydrogens (tertiary/aromatic N) is 1. The lowest BCUT2D eigenvalue weighted by molar-refractivity contribution is -0.148. The summed E-state index contributed by atoms with van der Waals surface area (Å²) in [6, 6.07) is 0.